The highest BCUT2D eigenvalue weighted by Gasteiger charge is 2.14. The van der Waals surface area contributed by atoms with Crippen LogP contribution in [0.15, 0.2) is 24.3 Å². The van der Waals surface area contributed by atoms with Crippen molar-refractivity contribution in [3.8, 4) is 5.75 Å². The van der Waals surface area contributed by atoms with Gasteiger partial charge in [-0.2, -0.15) is 0 Å². The van der Waals surface area contributed by atoms with Gasteiger partial charge >= 0.3 is 0 Å². The number of amides is 1. The van der Waals surface area contributed by atoms with Crippen molar-refractivity contribution in [2.75, 3.05) is 13.1 Å². The molecule has 4 nitrogen and oxygen atoms in total. The van der Waals surface area contributed by atoms with Crippen molar-refractivity contribution in [1.29, 1.82) is 0 Å². The van der Waals surface area contributed by atoms with Crippen molar-refractivity contribution in [2.45, 2.75) is 39.8 Å². The molecular formula is C15H24N2O2. The van der Waals surface area contributed by atoms with Gasteiger partial charge in [0.2, 0.25) is 0 Å². The molecule has 0 aliphatic heterocycles. The summed E-state index contributed by atoms with van der Waals surface area (Å²) in [6, 6.07) is 8.12. The molecule has 1 rings (SSSR count). The van der Waals surface area contributed by atoms with E-state index in [-0.39, 0.29) is 11.9 Å². The molecular weight excluding hydrogens is 240 g/mol. The highest BCUT2D eigenvalue weighted by Crippen LogP contribution is 2.20. The van der Waals surface area contributed by atoms with Gasteiger partial charge in [0.25, 0.3) is 5.91 Å². The molecule has 2 N–H and O–H groups in total. The molecule has 2 unspecified atom stereocenters. The molecule has 106 valence electrons. The number of rotatable bonds is 7. The maximum Gasteiger partial charge on any atom is 0.260 e. The molecule has 0 aliphatic carbocycles. The zero-order chi connectivity index (χ0) is 14.3. The van der Waals surface area contributed by atoms with Gasteiger partial charge < -0.3 is 15.4 Å². The second kappa shape index (κ2) is 7.79. The Hall–Kier alpha value is -1.55. The lowest BCUT2D eigenvalue weighted by molar-refractivity contribution is -0.127. The summed E-state index contributed by atoms with van der Waals surface area (Å²) in [5.41, 5.74) is 1.16. The highest BCUT2D eigenvalue weighted by atomic mass is 16.5. The van der Waals surface area contributed by atoms with Crippen molar-refractivity contribution in [2.24, 2.45) is 0 Å². The first-order valence-electron chi connectivity index (χ1n) is 6.86. The third-order valence-electron chi connectivity index (χ3n) is 2.90. The molecule has 1 amide bonds. The average molecular weight is 264 g/mol. The summed E-state index contributed by atoms with van der Waals surface area (Å²) in [7, 11) is 0. The van der Waals surface area contributed by atoms with Crippen molar-refractivity contribution >= 4 is 5.91 Å². The van der Waals surface area contributed by atoms with Crippen LogP contribution in [0.2, 0.25) is 0 Å². The molecule has 0 aromatic heterocycles. The smallest absolute Gasteiger partial charge is 0.260 e. The van der Waals surface area contributed by atoms with Gasteiger partial charge in [-0.15, -0.1) is 0 Å². The van der Waals surface area contributed by atoms with Crippen LogP contribution in [0, 0.1) is 0 Å². The number of hydrogen-bond acceptors (Lipinski definition) is 3. The van der Waals surface area contributed by atoms with E-state index in [1.165, 1.54) is 0 Å². The summed E-state index contributed by atoms with van der Waals surface area (Å²) in [4.78, 5) is 11.6. The Morgan fingerprint density at radius 2 is 2.00 bits per heavy atom. The van der Waals surface area contributed by atoms with Crippen molar-refractivity contribution in [3.63, 3.8) is 0 Å². The number of carbonyl (C=O) groups is 1. The molecule has 19 heavy (non-hydrogen) atoms. The van der Waals surface area contributed by atoms with Gasteiger partial charge in [0.15, 0.2) is 6.10 Å². The molecule has 0 aliphatic rings. The molecule has 0 fully saturated rings. The Balaban J connectivity index is 2.69. The van der Waals surface area contributed by atoms with E-state index in [9.17, 15) is 4.79 Å². The molecule has 1 aromatic carbocycles. The van der Waals surface area contributed by atoms with E-state index in [0.717, 1.165) is 17.9 Å². The SMILES string of the molecule is CCNC(=O)C(C)Oc1cccc(C(C)NCC)c1. The van der Waals surface area contributed by atoms with Crippen LogP contribution < -0.4 is 15.4 Å². The van der Waals surface area contributed by atoms with Gasteiger partial charge in [0.05, 0.1) is 0 Å². The quantitative estimate of drug-likeness (QED) is 0.794. The second-order valence-electron chi connectivity index (χ2n) is 4.51. The highest BCUT2D eigenvalue weighted by molar-refractivity contribution is 5.80. The lowest BCUT2D eigenvalue weighted by Gasteiger charge is -2.17. The number of hydrogen-bond donors (Lipinski definition) is 2. The normalized spacial score (nSPS) is 13.7. The minimum Gasteiger partial charge on any atom is -0.481 e. The Labute approximate surface area is 115 Å². The standard InChI is InChI=1S/C15H24N2O2/c1-5-16-11(3)13-8-7-9-14(10-13)19-12(4)15(18)17-6-2/h7-12,16H,5-6H2,1-4H3,(H,17,18). The number of ether oxygens (including phenoxy) is 1. The molecule has 4 heteroatoms. The minimum absolute atomic E-state index is 0.0902. The van der Waals surface area contributed by atoms with E-state index < -0.39 is 6.10 Å². The van der Waals surface area contributed by atoms with Crippen LogP contribution in [0.25, 0.3) is 0 Å². The zero-order valence-corrected chi connectivity index (χ0v) is 12.2. The van der Waals surface area contributed by atoms with E-state index in [0.29, 0.717) is 6.54 Å². The first-order valence-corrected chi connectivity index (χ1v) is 6.86. The lowest BCUT2D eigenvalue weighted by Crippen LogP contribution is -2.36. The summed E-state index contributed by atoms with van der Waals surface area (Å²) in [6.45, 7) is 9.37. The van der Waals surface area contributed by atoms with Crippen LogP contribution in [-0.4, -0.2) is 25.1 Å². The van der Waals surface area contributed by atoms with Crippen molar-refractivity contribution < 1.29 is 9.53 Å². The Morgan fingerprint density at radius 1 is 1.26 bits per heavy atom. The van der Waals surface area contributed by atoms with E-state index in [1.807, 2.05) is 25.1 Å². The van der Waals surface area contributed by atoms with E-state index in [2.05, 4.69) is 30.5 Å². The monoisotopic (exact) mass is 264 g/mol. The van der Waals surface area contributed by atoms with Gasteiger partial charge in [-0.05, 0) is 45.0 Å². The molecule has 0 bridgehead atoms. The maximum atomic E-state index is 11.6. The third kappa shape index (κ3) is 4.91. The van der Waals surface area contributed by atoms with E-state index >= 15 is 0 Å². The fourth-order valence-corrected chi connectivity index (χ4v) is 1.86. The third-order valence-corrected chi connectivity index (χ3v) is 2.90. The number of likely N-dealkylation sites (N-methyl/N-ethyl adjacent to an activating group) is 1. The molecule has 0 saturated heterocycles. The minimum atomic E-state index is -0.482. The van der Waals surface area contributed by atoms with Gasteiger partial charge in [-0.1, -0.05) is 19.1 Å². The lowest BCUT2D eigenvalue weighted by atomic mass is 10.1. The average Bonchev–Trinajstić information content (AvgIpc) is 2.39. The molecule has 0 spiro atoms. The van der Waals surface area contributed by atoms with Crippen LogP contribution in [0.4, 0.5) is 0 Å². The maximum absolute atomic E-state index is 11.6. The Bertz CT molecular complexity index is 407. The summed E-state index contributed by atoms with van der Waals surface area (Å²) in [6.07, 6.45) is -0.482. The number of nitrogens with one attached hydrogen (secondary N) is 2. The first-order chi connectivity index (χ1) is 9.08. The summed E-state index contributed by atoms with van der Waals surface area (Å²) in [5.74, 6) is 0.633. The topological polar surface area (TPSA) is 50.4 Å². The Morgan fingerprint density at radius 3 is 2.63 bits per heavy atom. The van der Waals surface area contributed by atoms with Crippen LogP contribution >= 0.6 is 0 Å². The van der Waals surface area contributed by atoms with Crippen LogP contribution in [-0.2, 0) is 4.79 Å². The van der Waals surface area contributed by atoms with Crippen LogP contribution in [0.3, 0.4) is 0 Å². The largest absolute Gasteiger partial charge is 0.481 e. The fraction of sp³-hybridized carbons (Fsp3) is 0.533. The molecule has 1 aromatic rings. The van der Waals surface area contributed by atoms with Gasteiger partial charge in [-0.25, -0.2) is 0 Å². The van der Waals surface area contributed by atoms with Crippen molar-refractivity contribution in [3.05, 3.63) is 29.8 Å². The molecule has 0 heterocycles. The van der Waals surface area contributed by atoms with Gasteiger partial charge in [0, 0.05) is 12.6 Å². The van der Waals surface area contributed by atoms with E-state index in [1.54, 1.807) is 6.92 Å². The summed E-state index contributed by atoms with van der Waals surface area (Å²) in [5, 5.41) is 6.10. The summed E-state index contributed by atoms with van der Waals surface area (Å²) >= 11 is 0. The predicted octanol–water partition coefficient (Wildman–Crippen LogP) is 2.26. The molecule has 0 saturated carbocycles. The molecule has 2 atom stereocenters. The predicted molar refractivity (Wildman–Crippen MR) is 77.3 cm³/mol. The van der Waals surface area contributed by atoms with Gasteiger partial charge in [-0.3, -0.25) is 4.79 Å². The summed E-state index contributed by atoms with van der Waals surface area (Å²) < 4.78 is 5.66. The van der Waals surface area contributed by atoms with E-state index in [4.69, 9.17) is 4.74 Å². The number of benzene rings is 1. The van der Waals surface area contributed by atoms with Crippen LogP contribution in [0.1, 0.15) is 39.3 Å². The fourth-order valence-electron chi connectivity index (χ4n) is 1.86. The first kappa shape index (κ1) is 15.5. The van der Waals surface area contributed by atoms with Gasteiger partial charge in [0.1, 0.15) is 5.75 Å². The molecule has 0 radical (unpaired) electrons. The Kier molecular flexibility index (Phi) is 6.36. The van der Waals surface area contributed by atoms with Crippen LogP contribution in [0.5, 0.6) is 5.75 Å². The second-order valence-corrected chi connectivity index (χ2v) is 4.51. The number of carbonyl (C=O) groups excluding carboxylic acids is 1. The van der Waals surface area contributed by atoms with Crippen molar-refractivity contribution in [1.82, 2.24) is 10.6 Å². The zero-order valence-electron chi connectivity index (χ0n) is 12.2.